The summed E-state index contributed by atoms with van der Waals surface area (Å²) in [7, 11) is 1.38. The minimum Gasteiger partial charge on any atom is -0.479 e. The fourth-order valence-electron chi connectivity index (χ4n) is 5.80. The van der Waals surface area contributed by atoms with Gasteiger partial charge in [-0.05, 0) is 103 Å². The van der Waals surface area contributed by atoms with Crippen LogP contribution in [0.5, 0.6) is 0 Å². The first-order valence-electron chi connectivity index (χ1n) is 16.7. The van der Waals surface area contributed by atoms with E-state index in [-0.39, 0.29) is 18.3 Å². The van der Waals surface area contributed by atoms with Crippen molar-refractivity contribution >= 4 is 33.7 Å². The highest BCUT2D eigenvalue weighted by molar-refractivity contribution is 5.82. The number of aromatic amines is 1. The van der Waals surface area contributed by atoms with Crippen LogP contribution in [0.15, 0.2) is 89.6 Å². The predicted molar refractivity (Wildman–Crippen MR) is 189 cm³/mol. The van der Waals surface area contributed by atoms with Gasteiger partial charge in [0.15, 0.2) is 12.2 Å². The Morgan fingerprint density at radius 3 is 2.21 bits per heavy atom. The number of halogens is 3. The molecule has 0 fully saturated rings. The first kappa shape index (κ1) is 37.8. The van der Waals surface area contributed by atoms with Crippen LogP contribution in [0.25, 0.3) is 33.3 Å². The monoisotopic (exact) mass is 719 g/mol. The van der Waals surface area contributed by atoms with E-state index in [2.05, 4.69) is 16.0 Å². The second-order valence-corrected chi connectivity index (χ2v) is 12.0. The van der Waals surface area contributed by atoms with E-state index in [4.69, 9.17) is 18.6 Å². The van der Waals surface area contributed by atoms with Crippen molar-refractivity contribution in [2.75, 3.05) is 20.3 Å². The van der Waals surface area contributed by atoms with Gasteiger partial charge in [0, 0.05) is 55.0 Å². The molecular weight excluding hydrogens is 679 g/mol. The number of ether oxygens (including phenoxy) is 3. The smallest absolute Gasteiger partial charge is 0.416 e. The standard InChI is InChI=1S/C25H23F3N2O4.C14H17NO3/c1-3-33-22(24(31)32)13-16-4-9-21-18(12-16)10-11-30(21)14-20-15(2)34-23(29-20)17-5-7-19(8-6-17)25(26,27)28;1-3-18-13(14(16)17-2)9-10-4-5-12-11(8-10)6-7-15-12/h4-12,22H,3,13-14H2,1-2H3,(H,31,32);4-8,13,15H,3,9H2,1-2H3/t22-;13-/m00/s1. The Bertz CT molecular complexity index is 2120. The molecule has 2 atom stereocenters. The molecule has 0 amide bonds. The number of H-pyrrole nitrogens is 1. The summed E-state index contributed by atoms with van der Waals surface area (Å²) in [6.07, 6.45) is -1.23. The van der Waals surface area contributed by atoms with Crippen molar-refractivity contribution in [1.82, 2.24) is 14.5 Å². The average molecular weight is 720 g/mol. The van der Waals surface area contributed by atoms with Crippen molar-refractivity contribution in [2.45, 2.75) is 58.5 Å². The molecule has 10 nitrogen and oxygen atoms in total. The van der Waals surface area contributed by atoms with E-state index >= 15 is 0 Å². The van der Waals surface area contributed by atoms with E-state index in [1.165, 1.54) is 19.2 Å². The normalized spacial score (nSPS) is 12.8. The van der Waals surface area contributed by atoms with Gasteiger partial charge in [0.1, 0.15) is 11.5 Å². The third-order valence-corrected chi connectivity index (χ3v) is 8.44. The number of fused-ring (bicyclic) bond motifs is 2. The summed E-state index contributed by atoms with van der Waals surface area (Å²) in [6.45, 7) is 6.61. The lowest BCUT2D eigenvalue weighted by Gasteiger charge is -2.14. The van der Waals surface area contributed by atoms with E-state index in [0.29, 0.717) is 43.2 Å². The maximum Gasteiger partial charge on any atom is 0.416 e. The maximum absolute atomic E-state index is 12.8. The van der Waals surface area contributed by atoms with Crippen molar-refractivity contribution in [3.05, 3.63) is 113 Å². The second-order valence-electron chi connectivity index (χ2n) is 12.0. The van der Waals surface area contributed by atoms with Gasteiger partial charge in [0.2, 0.25) is 5.89 Å². The lowest BCUT2D eigenvalue weighted by molar-refractivity contribution is -0.153. The summed E-state index contributed by atoms with van der Waals surface area (Å²) in [4.78, 5) is 30.6. The molecule has 52 heavy (non-hydrogen) atoms. The molecule has 2 N–H and O–H groups in total. The topological polar surface area (TPSA) is 129 Å². The molecule has 0 aliphatic rings. The first-order valence-corrected chi connectivity index (χ1v) is 16.7. The van der Waals surface area contributed by atoms with Crippen LogP contribution >= 0.6 is 0 Å². The Hall–Kier alpha value is -5.40. The molecule has 0 radical (unpaired) electrons. The molecule has 3 aromatic carbocycles. The van der Waals surface area contributed by atoms with Crippen LogP contribution in [0.3, 0.4) is 0 Å². The number of esters is 1. The number of benzene rings is 3. The Morgan fingerprint density at radius 1 is 0.904 bits per heavy atom. The summed E-state index contributed by atoms with van der Waals surface area (Å²) in [5.74, 6) is -0.485. The molecule has 13 heteroatoms. The van der Waals surface area contributed by atoms with Crippen molar-refractivity contribution in [3.8, 4) is 11.5 Å². The number of aryl methyl sites for hydroxylation is 1. The molecule has 0 saturated heterocycles. The zero-order valence-corrected chi connectivity index (χ0v) is 29.2. The maximum atomic E-state index is 12.8. The molecule has 274 valence electrons. The minimum absolute atomic E-state index is 0.260. The molecule has 0 aliphatic carbocycles. The molecule has 6 rings (SSSR count). The Labute approximate surface area is 298 Å². The van der Waals surface area contributed by atoms with Gasteiger partial charge >= 0.3 is 18.1 Å². The van der Waals surface area contributed by atoms with Gasteiger partial charge < -0.3 is 33.3 Å². The van der Waals surface area contributed by atoms with Crippen LogP contribution in [-0.2, 0) is 49.4 Å². The molecule has 0 bridgehead atoms. The van der Waals surface area contributed by atoms with Crippen molar-refractivity contribution in [2.24, 2.45) is 0 Å². The van der Waals surface area contributed by atoms with Gasteiger partial charge in [-0.2, -0.15) is 13.2 Å². The molecule has 0 saturated carbocycles. The number of aliphatic carboxylic acids is 1. The lowest BCUT2D eigenvalue weighted by Crippen LogP contribution is -2.28. The van der Waals surface area contributed by atoms with Crippen molar-refractivity contribution in [3.63, 3.8) is 0 Å². The lowest BCUT2D eigenvalue weighted by atomic mass is 10.1. The van der Waals surface area contributed by atoms with E-state index in [1.807, 2.05) is 66.3 Å². The van der Waals surface area contributed by atoms with Gasteiger partial charge in [-0.15, -0.1) is 0 Å². The van der Waals surface area contributed by atoms with Gasteiger partial charge in [-0.25, -0.2) is 14.6 Å². The number of aromatic nitrogens is 3. The Kier molecular flexibility index (Phi) is 12.2. The Morgan fingerprint density at radius 2 is 1.56 bits per heavy atom. The number of carbonyl (C=O) groups excluding carboxylic acids is 1. The van der Waals surface area contributed by atoms with Gasteiger partial charge in [0.05, 0.1) is 19.2 Å². The molecule has 0 unspecified atom stereocenters. The number of nitrogens with one attached hydrogen (secondary N) is 1. The van der Waals surface area contributed by atoms with Crippen LogP contribution in [0.4, 0.5) is 13.2 Å². The van der Waals surface area contributed by atoms with E-state index in [1.54, 1.807) is 13.8 Å². The molecule has 3 heterocycles. The van der Waals surface area contributed by atoms with Gasteiger partial charge in [0.25, 0.3) is 0 Å². The quantitative estimate of drug-likeness (QED) is 0.115. The summed E-state index contributed by atoms with van der Waals surface area (Å²) in [6, 6.07) is 20.4. The number of carboxylic acid groups (broad SMARTS) is 1. The van der Waals surface area contributed by atoms with Crippen molar-refractivity contribution in [1.29, 1.82) is 0 Å². The number of hydrogen-bond donors (Lipinski definition) is 2. The summed E-state index contributed by atoms with van der Waals surface area (Å²) < 4.78 is 61.6. The fraction of sp³-hybridized carbons (Fsp3) is 0.308. The number of methoxy groups -OCH3 is 1. The average Bonchev–Trinajstić information content (AvgIpc) is 3.86. The third-order valence-electron chi connectivity index (χ3n) is 8.44. The van der Waals surface area contributed by atoms with Crippen LogP contribution in [0.1, 0.15) is 42.0 Å². The van der Waals surface area contributed by atoms with Crippen LogP contribution in [-0.4, -0.2) is 64.1 Å². The summed E-state index contributed by atoms with van der Waals surface area (Å²) >= 11 is 0. The molecule has 0 spiro atoms. The predicted octanol–water partition coefficient (Wildman–Crippen LogP) is 7.99. The highest BCUT2D eigenvalue weighted by atomic mass is 19.4. The zero-order valence-electron chi connectivity index (χ0n) is 29.2. The first-order chi connectivity index (χ1) is 24.9. The number of hydrogen-bond acceptors (Lipinski definition) is 7. The van der Waals surface area contributed by atoms with Crippen molar-refractivity contribution < 1.29 is 46.5 Å². The minimum atomic E-state index is -4.40. The van der Waals surface area contributed by atoms with E-state index < -0.39 is 29.9 Å². The van der Waals surface area contributed by atoms with Crippen LogP contribution < -0.4 is 0 Å². The largest absolute Gasteiger partial charge is 0.479 e. The van der Waals surface area contributed by atoms with E-state index in [9.17, 15) is 27.9 Å². The number of carbonyl (C=O) groups is 2. The summed E-state index contributed by atoms with van der Waals surface area (Å²) in [5, 5.41) is 11.4. The SMILES string of the molecule is CCO[C@@H](Cc1ccc2[nH]ccc2c1)C(=O)OC.CCO[C@@H](Cc1ccc2c(ccn2Cc2nc(-c3ccc(C(F)(F)F)cc3)oc2C)c1)C(=O)O. The molecule has 6 aromatic rings. The number of alkyl halides is 3. The number of rotatable bonds is 13. The summed E-state index contributed by atoms with van der Waals surface area (Å²) in [5.41, 5.74) is 4.34. The third kappa shape index (κ3) is 9.28. The number of carboxylic acids is 1. The zero-order chi connectivity index (χ0) is 37.4. The van der Waals surface area contributed by atoms with Crippen LogP contribution in [0.2, 0.25) is 0 Å². The number of nitrogens with zero attached hydrogens (tertiary/aromatic N) is 2. The van der Waals surface area contributed by atoms with Gasteiger partial charge in [-0.3, -0.25) is 0 Å². The number of oxazole rings is 1. The van der Waals surface area contributed by atoms with E-state index in [0.717, 1.165) is 45.1 Å². The Balaban J connectivity index is 0.000000244. The highest BCUT2D eigenvalue weighted by Gasteiger charge is 2.30. The molecule has 0 aliphatic heterocycles. The fourth-order valence-corrected chi connectivity index (χ4v) is 5.80. The second kappa shape index (κ2) is 16.7. The van der Waals surface area contributed by atoms with Gasteiger partial charge in [-0.1, -0.05) is 12.1 Å². The molecular formula is C39H40F3N3O7. The molecule has 3 aromatic heterocycles. The highest BCUT2D eigenvalue weighted by Crippen LogP contribution is 2.31. The van der Waals surface area contributed by atoms with Crippen LogP contribution in [0, 0.1) is 6.92 Å².